The predicted octanol–water partition coefficient (Wildman–Crippen LogP) is 1.24. The van der Waals surface area contributed by atoms with Gasteiger partial charge >= 0.3 is 0 Å². The zero-order valence-corrected chi connectivity index (χ0v) is 6.37. The van der Waals surface area contributed by atoms with Crippen LogP contribution < -0.4 is 4.74 Å². The highest BCUT2D eigenvalue weighted by Crippen LogP contribution is 2.05. The second-order valence-corrected chi connectivity index (χ2v) is 2.09. The fraction of sp³-hybridized carbons (Fsp3) is 0.250. The van der Waals surface area contributed by atoms with Gasteiger partial charge in [-0.3, -0.25) is 4.79 Å². The van der Waals surface area contributed by atoms with Crippen LogP contribution in [0.5, 0.6) is 5.88 Å². The fourth-order valence-electron chi connectivity index (χ4n) is 0.690. The number of aromatic nitrogens is 1. The topological polar surface area (TPSA) is 39.2 Å². The van der Waals surface area contributed by atoms with Gasteiger partial charge in [-0.15, -0.1) is 0 Å². The van der Waals surface area contributed by atoms with E-state index in [1.165, 1.54) is 12.3 Å². The zero-order valence-electron chi connectivity index (χ0n) is 6.37. The molecule has 12 heavy (non-hydrogen) atoms. The van der Waals surface area contributed by atoms with Gasteiger partial charge in [0, 0.05) is 17.8 Å². The van der Waals surface area contributed by atoms with Crippen molar-refractivity contribution >= 4 is 6.29 Å². The first kappa shape index (κ1) is 8.64. The van der Waals surface area contributed by atoms with Gasteiger partial charge in [0.05, 0.1) is 0 Å². The van der Waals surface area contributed by atoms with Gasteiger partial charge in [-0.2, -0.15) is 0 Å². The minimum absolute atomic E-state index is 0.00651. The molecule has 1 heterocycles. The van der Waals surface area contributed by atoms with Crippen molar-refractivity contribution in [2.75, 3.05) is 13.3 Å². The Bertz CT molecular complexity index is 248. The van der Waals surface area contributed by atoms with Gasteiger partial charge < -0.3 is 4.74 Å². The number of hydrogen-bond acceptors (Lipinski definition) is 3. The minimum atomic E-state index is -0.545. The highest BCUT2D eigenvalue weighted by Gasteiger charge is 1.94. The molecular formula is C8H8FNO2. The lowest BCUT2D eigenvalue weighted by atomic mass is 10.3. The summed E-state index contributed by atoms with van der Waals surface area (Å²) in [6.07, 6.45) is 2.06. The molecule has 1 rings (SSSR count). The Hall–Kier alpha value is -1.45. The summed E-state index contributed by atoms with van der Waals surface area (Å²) in [5, 5.41) is 0. The van der Waals surface area contributed by atoms with Crippen LogP contribution in [0.2, 0.25) is 0 Å². The van der Waals surface area contributed by atoms with E-state index >= 15 is 0 Å². The molecule has 0 atom stereocenters. The molecule has 1 aromatic rings. The van der Waals surface area contributed by atoms with Crippen LogP contribution in [0.25, 0.3) is 0 Å². The van der Waals surface area contributed by atoms with Gasteiger partial charge in [-0.1, -0.05) is 0 Å². The number of carbonyl (C=O) groups excluding carboxylic acids is 1. The number of rotatable bonds is 4. The highest BCUT2D eigenvalue weighted by atomic mass is 19.1. The molecule has 0 saturated carbocycles. The Labute approximate surface area is 69.2 Å². The number of halogens is 1. The number of carbonyl (C=O) groups is 1. The molecule has 0 radical (unpaired) electrons. The summed E-state index contributed by atoms with van der Waals surface area (Å²) in [7, 11) is 0. The monoisotopic (exact) mass is 169 g/mol. The van der Waals surface area contributed by atoms with E-state index in [9.17, 15) is 9.18 Å². The summed E-state index contributed by atoms with van der Waals surface area (Å²) < 4.78 is 16.5. The van der Waals surface area contributed by atoms with Crippen LogP contribution in [-0.4, -0.2) is 24.6 Å². The van der Waals surface area contributed by atoms with Gasteiger partial charge in [0.2, 0.25) is 5.88 Å². The first-order valence-corrected chi connectivity index (χ1v) is 3.47. The summed E-state index contributed by atoms with van der Waals surface area (Å²) >= 11 is 0. The third-order valence-corrected chi connectivity index (χ3v) is 1.22. The van der Waals surface area contributed by atoms with E-state index in [1.807, 2.05) is 0 Å². The van der Waals surface area contributed by atoms with Gasteiger partial charge in [-0.05, 0) is 6.07 Å². The first-order valence-electron chi connectivity index (χ1n) is 3.47. The summed E-state index contributed by atoms with van der Waals surface area (Å²) in [6, 6.07) is 3.09. The van der Waals surface area contributed by atoms with E-state index in [0.717, 1.165) is 0 Å². The van der Waals surface area contributed by atoms with E-state index in [0.29, 0.717) is 17.7 Å². The SMILES string of the molecule is O=Cc1ccc(OCCF)nc1. The lowest BCUT2D eigenvalue weighted by Gasteiger charge is -2.00. The third kappa shape index (κ3) is 2.30. The van der Waals surface area contributed by atoms with Crippen molar-refractivity contribution in [1.29, 1.82) is 0 Å². The lowest BCUT2D eigenvalue weighted by molar-refractivity contribution is 0.112. The minimum Gasteiger partial charge on any atom is -0.475 e. The molecule has 1 aromatic heterocycles. The second kappa shape index (κ2) is 4.43. The molecular weight excluding hydrogens is 161 g/mol. The Balaban J connectivity index is 2.58. The highest BCUT2D eigenvalue weighted by molar-refractivity contribution is 5.73. The number of alkyl halides is 1. The summed E-state index contributed by atoms with van der Waals surface area (Å²) in [6.45, 7) is -0.551. The van der Waals surface area contributed by atoms with Crippen LogP contribution in [0, 0.1) is 0 Å². The zero-order chi connectivity index (χ0) is 8.81. The van der Waals surface area contributed by atoms with Crippen LogP contribution in [0.1, 0.15) is 10.4 Å². The Morgan fingerprint density at radius 3 is 2.92 bits per heavy atom. The lowest BCUT2D eigenvalue weighted by Crippen LogP contribution is -2.00. The van der Waals surface area contributed by atoms with Crippen LogP contribution in [-0.2, 0) is 0 Å². The van der Waals surface area contributed by atoms with E-state index in [2.05, 4.69) is 4.98 Å². The summed E-state index contributed by atoms with van der Waals surface area (Å²) in [5.41, 5.74) is 0.475. The van der Waals surface area contributed by atoms with Crippen molar-refractivity contribution in [3.63, 3.8) is 0 Å². The molecule has 4 heteroatoms. The van der Waals surface area contributed by atoms with Crippen molar-refractivity contribution in [3.8, 4) is 5.88 Å². The number of hydrogen-bond donors (Lipinski definition) is 0. The third-order valence-electron chi connectivity index (χ3n) is 1.22. The number of ether oxygens (including phenoxy) is 1. The van der Waals surface area contributed by atoms with Crippen molar-refractivity contribution in [2.24, 2.45) is 0 Å². The quantitative estimate of drug-likeness (QED) is 0.636. The van der Waals surface area contributed by atoms with Crippen molar-refractivity contribution in [2.45, 2.75) is 0 Å². The second-order valence-electron chi connectivity index (χ2n) is 2.09. The molecule has 0 saturated heterocycles. The van der Waals surface area contributed by atoms with Crippen molar-refractivity contribution in [3.05, 3.63) is 23.9 Å². The molecule has 0 unspecified atom stereocenters. The average Bonchev–Trinajstić information content (AvgIpc) is 2.15. The van der Waals surface area contributed by atoms with Crippen LogP contribution >= 0.6 is 0 Å². The summed E-state index contributed by atoms with van der Waals surface area (Å²) in [5.74, 6) is 0.332. The Morgan fingerprint density at radius 2 is 2.42 bits per heavy atom. The van der Waals surface area contributed by atoms with Crippen molar-refractivity contribution in [1.82, 2.24) is 4.98 Å². The van der Waals surface area contributed by atoms with E-state index < -0.39 is 6.67 Å². The molecule has 0 bridgehead atoms. The molecule has 0 fully saturated rings. The number of pyridine rings is 1. The predicted molar refractivity (Wildman–Crippen MR) is 41.1 cm³/mol. The van der Waals surface area contributed by atoms with E-state index in [4.69, 9.17) is 4.74 Å². The number of aldehydes is 1. The normalized spacial score (nSPS) is 9.42. The Kier molecular flexibility index (Phi) is 3.19. The molecule has 0 aliphatic rings. The molecule has 0 spiro atoms. The van der Waals surface area contributed by atoms with Gasteiger partial charge in [-0.25, -0.2) is 9.37 Å². The molecule has 0 amide bonds. The molecule has 64 valence electrons. The van der Waals surface area contributed by atoms with Crippen molar-refractivity contribution < 1.29 is 13.9 Å². The molecule has 0 aliphatic carbocycles. The first-order chi connectivity index (χ1) is 5.86. The van der Waals surface area contributed by atoms with E-state index in [1.54, 1.807) is 6.07 Å². The molecule has 0 N–H and O–H groups in total. The van der Waals surface area contributed by atoms with E-state index in [-0.39, 0.29) is 6.61 Å². The smallest absolute Gasteiger partial charge is 0.213 e. The maximum atomic E-state index is 11.6. The standard InChI is InChI=1S/C8H8FNO2/c9-3-4-12-8-2-1-7(6-11)5-10-8/h1-2,5-6H,3-4H2. The van der Waals surface area contributed by atoms with Gasteiger partial charge in [0.1, 0.15) is 13.3 Å². The Morgan fingerprint density at radius 1 is 1.58 bits per heavy atom. The van der Waals surface area contributed by atoms with Gasteiger partial charge in [0.15, 0.2) is 6.29 Å². The molecule has 0 aliphatic heterocycles. The number of nitrogens with zero attached hydrogens (tertiary/aromatic N) is 1. The van der Waals surface area contributed by atoms with Crippen LogP contribution in [0.4, 0.5) is 4.39 Å². The molecule has 0 aromatic carbocycles. The fourth-order valence-corrected chi connectivity index (χ4v) is 0.690. The van der Waals surface area contributed by atoms with Gasteiger partial charge in [0.25, 0.3) is 0 Å². The van der Waals surface area contributed by atoms with Crippen LogP contribution in [0.3, 0.4) is 0 Å². The largest absolute Gasteiger partial charge is 0.475 e. The van der Waals surface area contributed by atoms with Crippen LogP contribution in [0.15, 0.2) is 18.3 Å². The summed E-state index contributed by atoms with van der Waals surface area (Å²) in [4.78, 5) is 14.0. The molecule has 3 nitrogen and oxygen atoms in total. The maximum Gasteiger partial charge on any atom is 0.213 e. The maximum absolute atomic E-state index is 11.6. The average molecular weight is 169 g/mol.